The van der Waals surface area contributed by atoms with E-state index < -0.39 is 11.9 Å². The molecule has 0 saturated heterocycles. The van der Waals surface area contributed by atoms with E-state index in [9.17, 15) is 9.50 Å². The molecule has 4 nitrogen and oxygen atoms in total. The molecule has 0 radical (unpaired) electrons. The highest BCUT2D eigenvalue weighted by atomic mass is 19.1. The first-order valence-electron chi connectivity index (χ1n) is 6.26. The molecule has 0 aromatic carbocycles. The van der Waals surface area contributed by atoms with E-state index in [1.165, 1.54) is 12.3 Å². The zero-order valence-corrected chi connectivity index (χ0v) is 11.4. The van der Waals surface area contributed by atoms with Gasteiger partial charge in [0.2, 0.25) is 0 Å². The summed E-state index contributed by atoms with van der Waals surface area (Å²) in [6.07, 6.45) is 3.16. The van der Waals surface area contributed by atoms with E-state index in [4.69, 9.17) is 0 Å². The molecule has 0 fully saturated rings. The lowest BCUT2D eigenvalue weighted by atomic mass is 10.0. The molecule has 0 aliphatic heterocycles. The largest absolute Gasteiger partial charge is 0.388 e. The average Bonchev–Trinajstić information content (AvgIpc) is 2.61. The maximum absolute atomic E-state index is 13.0. The van der Waals surface area contributed by atoms with Crippen LogP contribution in [0, 0.1) is 19.7 Å². The van der Waals surface area contributed by atoms with Crippen molar-refractivity contribution in [1.29, 1.82) is 0 Å². The Hall–Kier alpha value is -1.75. The molecule has 2 heterocycles. The van der Waals surface area contributed by atoms with Gasteiger partial charge < -0.3 is 5.11 Å². The lowest BCUT2D eigenvalue weighted by Crippen LogP contribution is -2.02. The highest BCUT2D eigenvalue weighted by molar-refractivity contribution is 5.25. The summed E-state index contributed by atoms with van der Waals surface area (Å²) >= 11 is 0. The molecule has 2 aromatic heterocycles. The summed E-state index contributed by atoms with van der Waals surface area (Å²) in [7, 11) is 1.90. The molecule has 0 aliphatic carbocycles. The van der Waals surface area contributed by atoms with Crippen LogP contribution in [0.1, 0.15) is 35.0 Å². The Bertz CT molecular complexity index is 580. The lowest BCUT2D eigenvalue weighted by Gasteiger charge is -2.10. The van der Waals surface area contributed by atoms with Gasteiger partial charge in [-0.05, 0) is 38.3 Å². The maximum atomic E-state index is 13.0. The number of rotatable bonds is 4. The van der Waals surface area contributed by atoms with E-state index in [1.807, 2.05) is 25.6 Å². The van der Waals surface area contributed by atoms with Crippen LogP contribution >= 0.6 is 0 Å². The molecule has 0 saturated carbocycles. The van der Waals surface area contributed by atoms with Crippen LogP contribution in [-0.2, 0) is 13.5 Å². The monoisotopic (exact) mass is 263 g/mol. The summed E-state index contributed by atoms with van der Waals surface area (Å²) in [6, 6.07) is 1.32. The number of aromatic nitrogens is 3. The molecule has 2 aromatic rings. The summed E-state index contributed by atoms with van der Waals surface area (Å²) in [4.78, 5) is 3.75. The van der Waals surface area contributed by atoms with Gasteiger partial charge in [-0.1, -0.05) is 0 Å². The molecule has 0 aliphatic rings. The van der Waals surface area contributed by atoms with Gasteiger partial charge in [0.15, 0.2) is 0 Å². The Labute approximate surface area is 111 Å². The lowest BCUT2D eigenvalue weighted by molar-refractivity contribution is 0.167. The van der Waals surface area contributed by atoms with Crippen molar-refractivity contribution in [2.45, 2.75) is 32.8 Å². The van der Waals surface area contributed by atoms with E-state index in [2.05, 4.69) is 10.1 Å². The van der Waals surface area contributed by atoms with Crippen molar-refractivity contribution in [1.82, 2.24) is 14.8 Å². The van der Waals surface area contributed by atoms with Gasteiger partial charge in [-0.25, -0.2) is 4.39 Å². The quantitative estimate of drug-likeness (QED) is 0.920. The van der Waals surface area contributed by atoms with Crippen LogP contribution in [0.4, 0.5) is 4.39 Å². The van der Waals surface area contributed by atoms with Crippen molar-refractivity contribution in [2.24, 2.45) is 7.05 Å². The van der Waals surface area contributed by atoms with Crippen molar-refractivity contribution in [3.63, 3.8) is 0 Å². The number of pyridine rings is 1. The van der Waals surface area contributed by atoms with Crippen LogP contribution in [0.25, 0.3) is 0 Å². The highest BCUT2D eigenvalue weighted by Gasteiger charge is 2.13. The number of aryl methyl sites for hydroxylation is 2. The Kier molecular flexibility index (Phi) is 3.95. The Balaban J connectivity index is 2.06. The Morgan fingerprint density at radius 2 is 2.11 bits per heavy atom. The molecule has 0 bridgehead atoms. The van der Waals surface area contributed by atoms with E-state index in [-0.39, 0.29) is 0 Å². The van der Waals surface area contributed by atoms with E-state index in [1.54, 1.807) is 0 Å². The molecule has 1 atom stereocenters. The number of aliphatic hydroxyl groups is 1. The molecule has 19 heavy (non-hydrogen) atoms. The second kappa shape index (κ2) is 5.48. The summed E-state index contributed by atoms with van der Waals surface area (Å²) in [5.74, 6) is -0.426. The minimum absolute atomic E-state index is 0.426. The molecular weight excluding hydrogens is 245 g/mol. The molecule has 1 N–H and O–H groups in total. The average molecular weight is 263 g/mol. The molecule has 0 amide bonds. The fourth-order valence-electron chi connectivity index (χ4n) is 2.24. The third-order valence-corrected chi connectivity index (χ3v) is 3.44. The summed E-state index contributed by atoms with van der Waals surface area (Å²) in [5, 5.41) is 14.4. The highest BCUT2D eigenvalue weighted by Crippen LogP contribution is 2.21. The van der Waals surface area contributed by atoms with Gasteiger partial charge in [-0.3, -0.25) is 9.67 Å². The van der Waals surface area contributed by atoms with Crippen molar-refractivity contribution in [3.8, 4) is 0 Å². The third kappa shape index (κ3) is 2.98. The summed E-state index contributed by atoms with van der Waals surface area (Å²) in [6.45, 7) is 3.96. The van der Waals surface area contributed by atoms with E-state index in [0.29, 0.717) is 18.4 Å². The van der Waals surface area contributed by atoms with Crippen molar-refractivity contribution >= 4 is 0 Å². The summed E-state index contributed by atoms with van der Waals surface area (Å²) < 4.78 is 14.9. The first-order valence-corrected chi connectivity index (χ1v) is 6.26. The van der Waals surface area contributed by atoms with Gasteiger partial charge in [0.25, 0.3) is 0 Å². The first kappa shape index (κ1) is 13.7. The Morgan fingerprint density at radius 3 is 2.68 bits per heavy atom. The van der Waals surface area contributed by atoms with Crippen molar-refractivity contribution < 1.29 is 9.50 Å². The van der Waals surface area contributed by atoms with Gasteiger partial charge in [0, 0.05) is 24.5 Å². The molecule has 102 valence electrons. The molecule has 2 rings (SSSR count). The number of hydrogen-bond donors (Lipinski definition) is 1. The zero-order chi connectivity index (χ0) is 14.0. The van der Waals surface area contributed by atoms with Gasteiger partial charge in [0.1, 0.15) is 5.82 Å². The Morgan fingerprint density at radius 1 is 1.37 bits per heavy atom. The predicted octanol–water partition coefficient (Wildman–Crippen LogP) is 2.24. The SMILES string of the molecule is Cc1nn(C)c(C)c1CCC(O)c1cncc(F)c1. The van der Waals surface area contributed by atoms with Crippen LogP contribution in [0.15, 0.2) is 18.5 Å². The van der Waals surface area contributed by atoms with Crippen LogP contribution in [0.2, 0.25) is 0 Å². The van der Waals surface area contributed by atoms with Crippen LogP contribution in [0.3, 0.4) is 0 Å². The minimum Gasteiger partial charge on any atom is -0.388 e. The first-order chi connectivity index (χ1) is 8.99. The predicted molar refractivity (Wildman–Crippen MR) is 70.2 cm³/mol. The van der Waals surface area contributed by atoms with Gasteiger partial charge in [0.05, 0.1) is 18.0 Å². The van der Waals surface area contributed by atoms with Gasteiger partial charge in [-0.15, -0.1) is 0 Å². The van der Waals surface area contributed by atoms with Crippen LogP contribution < -0.4 is 0 Å². The van der Waals surface area contributed by atoms with Crippen molar-refractivity contribution in [2.75, 3.05) is 0 Å². The number of nitrogens with zero attached hydrogens (tertiary/aromatic N) is 3. The normalized spacial score (nSPS) is 12.7. The molecule has 0 spiro atoms. The fraction of sp³-hybridized carbons (Fsp3) is 0.429. The number of hydrogen-bond acceptors (Lipinski definition) is 3. The smallest absolute Gasteiger partial charge is 0.141 e. The second-order valence-electron chi connectivity index (χ2n) is 4.76. The minimum atomic E-state index is -0.706. The molecule has 5 heteroatoms. The van der Waals surface area contributed by atoms with Crippen molar-refractivity contribution in [3.05, 3.63) is 46.8 Å². The molecular formula is C14H18FN3O. The number of aliphatic hydroxyl groups excluding tert-OH is 1. The zero-order valence-electron chi connectivity index (χ0n) is 11.4. The third-order valence-electron chi connectivity index (χ3n) is 3.44. The fourth-order valence-corrected chi connectivity index (χ4v) is 2.24. The van der Waals surface area contributed by atoms with Gasteiger partial charge in [-0.2, -0.15) is 5.10 Å². The standard InChI is InChI=1S/C14H18FN3O/c1-9-13(10(2)18(3)17-9)4-5-14(19)11-6-12(15)8-16-7-11/h6-8,14,19H,4-5H2,1-3H3. The number of halogens is 1. The van der Waals surface area contributed by atoms with Gasteiger partial charge >= 0.3 is 0 Å². The topological polar surface area (TPSA) is 50.9 Å². The van der Waals surface area contributed by atoms with Crippen LogP contribution in [-0.4, -0.2) is 19.9 Å². The summed E-state index contributed by atoms with van der Waals surface area (Å²) in [5.41, 5.74) is 3.73. The van der Waals surface area contributed by atoms with E-state index in [0.717, 1.165) is 23.1 Å². The van der Waals surface area contributed by atoms with Crippen LogP contribution in [0.5, 0.6) is 0 Å². The maximum Gasteiger partial charge on any atom is 0.141 e. The van der Waals surface area contributed by atoms with E-state index >= 15 is 0 Å². The molecule has 1 unspecified atom stereocenters. The second-order valence-corrected chi connectivity index (χ2v) is 4.76.